The van der Waals surface area contributed by atoms with E-state index in [1.54, 1.807) is 6.92 Å². The molecule has 1 aromatic carbocycles. The molecule has 1 aromatic heterocycles. The molecule has 0 saturated heterocycles. The lowest BCUT2D eigenvalue weighted by Crippen LogP contribution is -2.55. The van der Waals surface area contributed by atoms with Crippen LogP contribution in [0, 0.1) is 11.3 Å². The third kappa shape index (κ3) is 2.42. The number of carboxylic acids is 2. The maximum Gasteiger partial charge on any atom is 0.373 e. The Morgan fingerprint density at radius 1 is 1.33 bits per heavy atom. The van der Waals surface area contributed by atoms with Gasteiger partial charge in [-0.15, -0.1) is 0 Å². The molecule has 4 rings (SSSR count). The molecule has 0 aliphatic carbocycles. The summed E-state index contributed by atoms with van der Waals surface area (Å²) in [5, 5.41) is 20.8. The lowest BCUT2D eigenvalue weighted by atomic mass is 9.63. The maximum absolute atomic E-state index is 12.1. The van der Waals surface area contributed by atoms with Crippen molar-refractivity contribution in [1.29, 1.82) is 0 Å². The molecule has 0 bridgehead atoms. The van der Waals surface area contributed by atoms with E-state index in [-0.39, 0.29) is 0 Å². The number of para-hydroxylation sites is 1. The fourth-order valence-corrected chi connectivity index (χ4v) is 5.23. The van der Waals surface area contributed by atoms with Gasteiger partial charge in [0.05, 0.1) is 11.3 Å². The largest absolute Gasteiger partial charge is 0.481 e. The number of carboxylic acid groups (broad SMARTS) is 2. The van der Waals surface area contributed by atoms with Gasteiger partial charge in [0.25, 0.3) is 6.04 Å². The normalized spacial score (nSPS) is 25.8. The van der Waals surface area contributed by atoms with Gasteiger partial charge in [0.2, 0.25) is 5.71 Å². The summed E-state index contributed by atoms with van der Waals surface area (Å²) in [7, 11) is 0. The van der Waals surface area contributed by atoms with E-state index in [1.165, 1.54) is 0 Å². The first-order valence-electron chi connectivity index (χ1n) is 9.60. The van der Waals surface area contributed by atoms with E-state index in [2.05, 4.69) is 4.98 Å². The molecule has 2 aliphatic heterocycles. The van der Waals surface area contributed by atoms with Crippen molar-refractivity contribution in [3.63, 3.8) is 0 Å². The van der Waals surface area contributed by atoms with Gasteiger partial charge in [0, 0.05) is 23.7 Å². The molecule has 0 spiro atoms. The van der Waals surface area contributed by atoms with Crippen LogP contribution in [-0.2, 0) is 16.0 Å². The van der Waals surface area contributed by atoms with Crippen molar-refractivity contribution in [1.82, 2.24) is 4.98 Å². The van der Waals surface area contributed by atoms with Crippen molar-refractivity contribution in [3.05, 3.63) is 35.5 Å². The van der Waals surface area contributed by atoms with Crippen LogP contribution in [0.4, 0.5) is 0 Å². The average Bonchev–Trinajstić information content (AvgIpc) is 3.04. The minimum atomic E-state index is -0.849. The van der Waals surface area contributed by atoms with Crippen molar-refractivity contribution >= 4 is 28.6 Å². The molecule has 0 radical (unpaired) electrons. The molecule has 27 heavy (non-hydrogen) atoms. The lowest BCUT2D eigenvalue weighted by molar-refractivity contribution is -0.565. The fourth-order valence-electron chi connectivity index (χ4n) is 5.23. The highest BCUT2D eigenvalue weighted by Crippen LogP contribution is 2.46. The van der Waals surface area contributed by atoms with E-state index < -0.39 is 29.3 Å². The molecule has 6 nitrogen and oxygen atoms in total. The van der Waals surface area contributed by atoms with Crippen LogP contribution in [0.2, 0.25) is 0 Å². The van der Waals surface area contributed by atoms with Gasteiger partial charge in [0.15, 0.2) is 0 Å². The lowest BCUT2D eigenvalue weighted by Gasteiger charge is -2.40. The van der Waals surface area contributed by atoms with Crippen LogP contribution in [0.15, 0.2) is 24.3 Å². The van der Waals surface area contributed by atoms with Crippen molar-refractivity contribution in [2.45, 2.75) is 45.6 Å². The van der Waals surface area contributed by atoms with Gasteiger partial charge in [0.1, 0.15) is 12.2 Å². The predicted octanol–water partition coefficient (Wildman–Crippen LogP) is 2.89. The molecule has 0 saturated carbocycles. The number of H-pyrrole nitrogens is 1. The number of hydrogen-bond donors (Lipinski definition) is 3. The van der Waals surface area contributed by atoms with Crippen molar-refractivity contribution in [3.8, 4) is 0 Å². The van der Waals surface area contributed by atoms with Crippen molar-refractivity contribution in [2.24, 2.45) is 11.3 Å². The second-order valence-electron chi connectivity index (χ2n) is 7.80. The highest BCUT2D eigenvalue weighted by molar-refractivity contribution is 6.08. The first-order chi connectivity index (χ1) is 12.9. The van der Waals surface area contributed by atoms with Gasteiger partial charge >= 0.3 is 11.9 Å². The number of rotatable bonds is 4. The number of nitrogens with one attached hydrogen (secondary N) is 1. The van der Waals surface area contributed by atoms with E-state index in [9.17, 15) is 19.8 Å². The summed E-state index contributed by atoms with van der Waals surface area (Å²) >= 11 is 0. The molecule has 3 heterocycles. The van der Waals surface area contributed by atoms with Crippen LogP contribution in [0.1, 0.15) is 44.4 Å². The molecule has 142 valence electrons. The Balaban J connectivity index is 2.05. The zero-order valence-corrected chi connectivity index (χ0v) is 15.7. The highest BCUT2D eigenvalue weighted by Gasteiger charge is 2.55. The minimum Gasteiger partial charge on any atom is -0.481 e. The smallest absolute Gasteiger partial charge is 0.373 e. The first-order valence-corrected chi connectivity index (χ1v) is 9.60. The molecule has 6 heteroatoms. The first kappa shape index (κ1) is 17.8. The number of aliphatic carboxylic acids is 2. The Labute approximate surface area is 157 Å². The fraction of sp³-hybridized carbons (Fsp3) is 0.476. The zero-order chi connectivity index (χ0) is 19.3. The van der Waals surface area contributed by atoms with E-state index in [0.717, 1.165) is 40.7 Å². The number of fused-ring (bicyclic) bond motifs is 4. The van der Waals surface area contributed by atoms with E-state index in [0.29, 0.717) is 19.4 Å². The van der Waals surface area contributed by atoms with Gasteiger partial charge < -0.3 is 15.2 Å². The molecule has 2 aromatic rings. The van der Waals surface area contributed by atoms with Crippen LogP contribution >= 0.6 is 0 Å². The molecule has 3 atom stereocenters. The second-order valence-corrected chi connectivity index (χ2v) is 7.80. The van der Waals surface area contributed by atoms with Crippen molar-refractivity contribution in [2.75, 3.05) is 6.54 Å². The Hall–Kier alpha value is -2.63. The van der Waals surface area contributed by atoms with E-state index in [1.807, 2.05) is 35.8 Å². The standard InChI is InChI=1S/C21H24N2O4/c1-3-21(12(2)19(24)25)9-6-10-23-16(20(26)27)11-14-13-7-4-5-8-15(13)22-17(14)18(21)23/h4-5,7-8,12,16H,3,6,9-11H2,1-2H3,(H2,24,25,26,27)/p+1/t12?,16?,21-/m0/s1. The molecule has 2 unspecified atom stereocenters. The second kappa shape index (κ2) is 6.22. The van der Waals surface area contributed by atoms with Gasteiger partial charge in [-0.3, -0.25) is 4.79 Å². The van der Waals surface area contributed by atoms with Gasteiger partial charge in [-0.25, -0.2) is 9.37 Å². The SMILES string of the molecule is CC[C@@]1(C(C)C(=O)O)CCC[N+]2=C1c1[nH]c3ccccc3c1CC2C(=O)O. The van der Waals surface area contributed by atoms with E-state index in [4.69, 9.17) is 0 Å². The molecular weight excluding hydrogens is 344 g/mol. The number of carbonyl (C=O) groups is 2. The summed E-state index contributed by atoms with van der Waals surface area (Å²) in [6.45, 7) is 4.42. The Morgan fingerprint density at radius 3 is 2.74 bits per heavy atom. The van der Waals surface area contributed by atoms with Crippen LogP contribution in [-0.4, -0.2) is 50.0 Å². The summed E-state index contributed by atoms with van der Waals surface area (Å²) in [4.78, 5) is 27.6. The number of hydrogen-bond acceptors (Lipinski definition) is 2. The van der Waals surface area contributed by atoms with Crippen LogP contribution in [0.25, 0.3) is 10.9 Å². The van der Waals surface area contributed by atoms with Gasteiger partial charge in [-0.05, 0) is 24.5 Å². The number of benzene rings is 1. The quantitative estimate of drug-likeness (QED) is 0.723. The van der Waals surface area contributed by atoms with Crippen LogP contribution in [0.5, 0.6) is 0 Å². The maximum atomic E-state index is 12.1. The molecule has 2 aliphatic rings. The van der Waals surface area contributed by atoms with Crippen molar-refractivity contribution < 1.29 is 24.4 Å². The summed E-state index contributed by atoms with van der Waals surface area (Å²) in [5.41, 5.74) is 3.22. The minimum absolute atomic E-state index is 0.430. The molecule has 0 fully saturated rings. The summed E-state index contributed by atoms with van der Waals surface area (Å²) in [5.74, 6) is -2.27. The monoisotopic (exact) mass is 369 g/mol. The summed E-state index contributed by atoms with van der Waals surface area (Å²) in [6, 6.07) is 7.26. The number of nitrogens with zero attached hydrogens (tertiary/aromatic N) is 1. The Kier molecular flexibility index (Phi) is 4.09. The molecule has 0 amide bonds. The van der Waals surface area contributed by atoms with Gasteiger partial charge in [-0.1, -0.05) is 32.0 Å². The van der Waals surface area contributed by atoms with Crippen LogP contribution in [0.3, 0.4) is 0 Å². The Bertz CT molecular complexity index is 974. The van der Waals surface area contributed by atoms with Gasteiger partial charge in [-0.2, -0.15) is 0 Å². The highest BCUT2D eigenvalue weighted by atomic mass is 16.4. The van der Waals surface area contributed by atoms with Crippen LogP contribution < -0.4 is 0 Å². The topological polar surface area (TPSA) is 93.4 Å². The number of aromatic nitrogens is 1. The van der Waals surface area contributed by atoms with E-state index >= 15 is 0 Å². The third-order valence-corrected chi connectivity index (χ3v) is 6.72. The summed E-state index contributed by atoms with van der Waals surface area (Å²) in [6.07, 6.45) is 2.64. The third-order valence-electron chi connectivity index (χ3n) is 6.72. The predicted molar refractivity (Wildman–Crippen MR) is 101 cm³/mol. The number of aromatic amines is 1. The zero-order valence-electron chi connectivity index (χ0n) is 15.7. The molecule has 3 N–H and O–H groups in total. The summed E-state index contributed by atoms with van der Waals surface area (Å²) < 4.78 is 1.96. The average molecular weight is 369 g/mol. The Morgan fingerprint density at radius 2 is 2.07 bits per heavy atom. The molecular formula is C21H25N2O4+.